The summed E-state index contributed by atoms with van der Waals surface area (Å²) in [7, 11) is 0. The summed E-state index contributed by atoms with van der Waals surface area (Å²) in [6, 6.07) is 8.07. The minimum absolute atomic E-state index is 0.0125. The SMILES string of the molecule is Cc1cc(Cc2cc(C(C)(C)C)ccn2)cc(C(F)(F)F)c1. The molecule has 0 fully saturated rings. The van der Waals surface area contributed by atoms with Crippen LogP contribution < -0.4 is 0 Å². The molecule has 0 N–H and O–H groups in total. The van der Waals surface area contributed by atoms with E-state index in [0.29, 0.717) is 17.5 Å². The van der Waals surface area contributed by atoms with E-state index in [4.69, 9.17) is 0 Å². The molecule has 22 heavy (non-hydrogen) atoms. The van der Waals surface area contributed by atoms with E-state index >= 15 is 0 Å². The molecular weight excluding hydrogens is 287 g/mol. The number of halogens is 3. The summed E-state index contributed by atoms with van der Waals surface area (Å²) in [5, 5.41) is 0. The third-order valence-electron chi connectivity index (χ3n) is 3.53. The molecule has 0 aliphatic carbocycles. The fraction of sp³-hybridized carbons (Fsp3) is 0.389. The first-order valence-electron chi connectivity index (χ1n) is 7.19. The Kier molecular flexibility index (Phi) is 4.32. The van der Waals surface area contributed by atoms with Gasteiger partial charge in [-0.05, 0) is 47.7 Å². The number of aromatic nitrogens is 1. The molecule has 4 heteroatoms. The van der Waals surface area contributed by atoms with Crippen molar-refractivity contribution >= 4 is 0 Å². The van der Waals surface area contributed by atoms with E-state index in [9.17, 15) is 13.2 Å². The Morgan fingerprint density at radius 2 is 1.64 bits per heavy atom. The second kappa shape index (κ2) is 5.75. The number of pyridine rings is 1. The molecule has 0 saturated heterocycles. The van der Waals surface area contributed by atoms with Gasteiger partial charge in [-0.15, -0.1) is 0 Å². The van der Waals surface area contributed by atoms with Gasteiger partial charge in [0, 0.05) is 18.3 Å². The minimum atomic E-state index is -4.32. The van der Waals surface area contributed by atoms with Crippen molar-refractivity contribution in [1.82, 2.24) is 4.98 Å². The van der Waals surface area contributed by atoms with Crippen LogP contribution in [0.25, 0.3) is 0 Å². The Hall–Kier alpha value is -1.84. The Balaban J connectivity index is 2.34. The summed E-state index contributed by atoms with van der Waals surface area (Å²) in [4.78, 5) is 4.29. The van der Waals surface area contributed by atoms with Gasteiger partial charge in [-0.1, -0.05) is 32.4 Å². The largest absolute Gasteiger partial charge is 0.416 e. The van der Waals surface area contributed by atoms with E-state index < -0.39 is 11.7 Å². The van der Waals surface area contributed by atoms with E-state index in [2.05, 4.69) is 25.8 Å². The summed E-state index contributed by atoms with van der Waals surface area (Å²) in [5.41, 5.74) is 2.53. The van der Waals surface area contributed by atoms with Crippen LogP contribution in [0.5, 0.6) is 0 Å². The monoisotopic (exact) mass is 307 g/mol. The first-order chi connectivity index (χ1) is 10.1. The lowest BCUT2D eigenvalue weighted by Gasteiger charge is -2.19. The van der Waals surface area contributed by atoms with Gasteiger partial charge in [0.15, 0.2) is 0 Å². The summed E-state index contributed by atoms with van der Waals surface area (Å²) in [6.07, 6.45) is -2.20. The Morgan fingerprint density at radius 1 is 0.955 bits per heavy atom. The van der Waals surface area contributed by atoms with Crippen molar-refractivity contribution in [2.24, 2.45) is 0 Å². The summed E-state index contributed by atoms with van der Waals surface area (Å²) in [5.74, 6) is 0. The Labute approximate surface area is 129 Å². The smallest absolute Gasteiger partial charge is 0.261 e. The zero-order valence-electron chi connectivity index (χ0n) is 13.3. The molecule has 0 unspecified atom stereocenters. The summed E-state index contributed by atoms with van der Waals surface area (Å²) >= 11 is 0. The molecule has 0 radical (unpaired) electrons. The predicted molar refractivity (Wildman–Crippen MR) is 81.9 cm³/mol. The molecule has 0 atom stereocenters. The Morgan fingerprint density at radius 3 is 2.23 bits per heavy atom. The van der Waals surface area contributed by atoms with Gasteiger partial charge < -0.3 is 0 Å². The molecular formula is C18H20F3N. The van der Waals surface area contributed by atoms with Crippen LogP contribution in [0.4, 0.5) is 13.2 Å². The summed E-state index contributed by atoms with van der Waals surface area (Å²) in [6.45, 7) is 7.97. The van der Waals surface area contributed by atoms with Crippen molar-refractivity contribution in [2.45, 2.75) is 45.7 Å². The van der Waals surface area contributed by atoms with Crippen molar-refractivity contribution in [3.63, 3.8) is 0 Å². The highest BCUT2D eigenvalue weighted by atomic mass is 19.4. The molecule has 118 valence electrons. The lowest BCUT2D eigenvalue weighted by Crippen LogP contribution is -2.12. The molecule has 0 saturated carbocycles. The maximum absolute atomic E-state index is 12.9. The Bertz CT molecular complexity index is 667. The maximum atomic E-state index is 12.9. The van der Waals surface area contributed by atoms with Crippen LogP contribution in [-0.2, 0) is 18.0 Å². The minimum Gasteiger partial charge on any atom is -0.261 e. The molecule has 0 aliphatic rings. The van der Waals surface area contributed by atoms with Crippen LogP contribution >= 0.6 is 0 Å². The van der Waals surface area contributed by atoms with Gasteiger partial charge in [-0.25, -0.2) is 0 Å². The quantitative estimate of drug-likeness (QED) is 0.734. The average Bonchev–Trinajstić information content (AvgIpc) is 2.36. The lowest BCUT2D eigenvalue weighted by molar-refractivity contribution is -0.137. The van der Waals surface area contributed by atoms with Gasteiger partial charge in [0.25, 0.3) is 0 Å². The number of alkyl halides is 3. The van der Waals surface area contributed by atoms with Crippen LogP contribution in [0.2, 0.25) is 0 Å². The van der Waals surface area contributed by atoms with Crippen LogP contribution in [-0.4, -0.2) is 4.98 Å². The van der Waals surface area contributed by atoms with Crippen molar-refractivity contribution in [1.29, 1.82) is 0 Å². The molecule has 1 nitrogen and oxygen atoms in total. The fourth-order valence-electron chi connectivity index (χ4n) is 2.38. The first-order valence-corrected chi connectivity index (χ1v) is 7.19. The number of hydrogen-bond acceptors (Lipinski definition) is 1. The first kappa shape index (κ1) is 16.5. The number of aryl methyl sites for hydroxylation is 1. The topological polar surface area (TPSA) is 12.9 Å². The van der Waals surface area contributed by atoms with Crippen molar-refractivity contribution in [2.75, 3.05) is 0 Å². The third-order valence-corrected chi connectivity index (χ3v) is 3.53. The van der Waals surface area contributed by atoms with Gasteiger partial charge in [0.1, 0.15) is 0 Å². The standard InChI is InChI=1S/C18H20F3N/c1-12-7-13(9-15(8-12)18(19,20)21)10-16-11-14(5-6-22-16)17(2,3)4/h5-9,11H,10H2,1-4H3. The summed E-state index contributed by atoms with van der Waals surface area (Å²) < 4.78 is 38.7. The van der Waals surface area contributed by atoms with Crippen molar-refractivity contribution < 1.29 is 13.2 Å². The highest BCUT2D eigenvalue weighted by Gasteiger charge is 2.30. The van der Waals surface area contributed by atoms with Gasteiger partial charge in [0.2, 0.25) is 0 Å². The number of benzene rings is 1. The lowest BCUT2D eigenvalue weighted by atomic mass is 9.87. The molecule has 1 heterocycles. The third kappa shape index (κ3) is 4.09. The highest BCUT2D eigenvalue weighted by Crippen LogP contribution is 2.31. The second-order valence-corrected chi connectivity index (χ2v) is 6.67. The van der Waals surface area contributed by atoms with Gasteiger partial charge in [-0.2, -0.15) is 13.2 Å². The van der Waals surface area contributed by atoms with Crippen molar-refractivity contribution in [3.8, 4) is 0 Å². The van der Waals surface area contributed by atoms with Crippen LogP contribution in [0, 0.1) is 6.92 Å². The van der Waals surface area contributed by atoms with E-state index in [1.807, 2.05) is 12.1 Å². The zero-order valence-corrected chi connectivity index (χ0v) is 13.3. The normalized spacial score (nSPS) is 12.5. The van der Waals surface area contributed by atoms with Crippen LogP contribution in [0.3, 0.4) is 0 Å². The molecule has 0 bridgehead atoms. The van der Waals surface area contributed by atoms with Crippen LogP contribution in [0.15, 0.2) is 36.5 Å². The van der Waals surface area contributed by atoms with E-state index in [0.717, 1.165) is 11.3 Å². The molecule has 0 aliphatic heterocycles. The van der Waals surface area contributed by atoms with Gasteiger partial charge in [-0.3, -0.25) is 4.98 Å². The molecule has 2 rings (SSSR count). The highest BCUT2D eigenvalue weighted by molar-refractivity contribution is 5.34. The number of hydrogen-bond donors (Lipinski definition) is 0. The van der Waals surface area contributed by atoms with E-state index in [1.54, 1.807) is 19.2 Å². The molecule has 0 amide bonds. The van der Waals surface area contributed by atoms with Gasteiger partial charge in [0.05, 0.1) is 5.56 Å². The molecule has 0 spiro atoms. The molecule has 2 aromatic rings. The number of nitrogens with zero attached hydrogens (tertiary/aromatic N) is 1. The van der Waals surface area contributed by atoms with E-state index in [-0.39, 0.29) is 5.41 Å². The maximum Gasteiger partial charge on any atom is 0.416 e. The molecule has 1 aromatic heterocycles. The zero-order chi connectivity index (χ0) is 16.5. The second-order valence-electron chi connectivity index (χ2n) is 6.67. The molecule has 1 aromatic carbocycles. The van der Waals surface area contributed by atoms with Gasteiger partial charge >= 0.3 is 6.18 Å². The average molecular weight is 307 g/mol. The van der Waals surface area contributed by atoms with E-state index in [1.165, 1.54) is 12.1 Å². The van der Waals surface area contributed by atoms with Crippen LogP contribution in [0.1, 0.15) is 48.7 Å². The fourth-order valence-corrected chi connectivity index (χ4v) is 2.38. The van der Waals surface area contributed by atoms with Crippen molar-refractivity contribution in [3.05, 3.63) is 64.5 Å². The predicted octanol–water partition coefficient (Wildman–Crippen LogP) is 5.30. The number of rotatable bonds is 2.